The maximum atomic E-state index is 14.8. The number of β-amino-alcohol motifs (C(OH)–C–C–N with tert-alkyl or cyclic N) is 1. The zero-order valence-corrected chi connectivity index (χ0v) is 16.4. The molecule has 1 saturated heterocycles. The van der Waals surface area contributed by atoms with Gasteiger partial charge in [0.1, 0.15) is 5.65 Å². The van der Waals surface area contributed by atoms with Gasteiger partial charge < -0.3 is 14.5 Å². The first-order chi connectivity index (χ1) is 15.2. The van der Waals surface area contributed by atoms with E-state index in [4.69, 9.17) is 4.52 Å². The third kappa shape index (κ3) is 2.63. The topological polar surface area (TPSA) is 96.8 Å². The highest BCUT2D eigenvalue weighted by Crippen LogP contribution is 2.49. The van der Waals surface area contributed by atoms with Crippen molar-refractivity contribution in [2.75, 3.05) is 13.2 Å². The molecule has 4 heterocycles. The zero-order valence-electron chi connectivity index (χ0n) is 16.4. The fourth-order valence-corrected chi connectivity index (χ4v) is 4.95. The van der Waals surface area contributed by atoms with Crippen molar-refractivity contribution >= 4 is 11.6 Å². The molecule has 31 heavy (non-hydrogen) atoms. The molecule has 1 amide bonds. The molecule has 0 unspecified atom stereocenters. The summed E-state index contributed by atoms with van der Waals surface area (Å²) in [5.41, 5.74) is 3.39. The number of hydrogen-bond donors (Lipinski definition) is 1. The Kier molecular flexibility index (Phi) is 3.94. The average Bonchev–Trinajstić information content (AvgIpc) is 3.52. The van der Waals surface area contributed by atoms with E-state index in [1.165, 1.54) is 4.40 Å². The quantitative estimate of drug-likeness (QED) is 0.546. The van der Waals surface area contributed by atoms with Crippen LogP contribution < -0.4 is 0 Å². The van der Waals surface area contributed by atoms with Crippen molar-refractivity contribution in [3.63, 3.8) is 0 Å². The van der Waals surface area contributed by atoms with E-state index in [2.05, 4.69) is 15.1 Å². The first-order valence-electron chi connectivity index (χ1n) is 10.1. The minimum absolute atomic E-state index is 0.00844. The summed E-state index contributed by atoms with van der Waals surface area (Å²) in [6.45, 7) is 0.256. The van der Waals surface area contributed by atoms with Gasteiger partial charge in [0, 0.05) is 24.7 Å². The Labute approximate surface area is 175 Å². The Bertz CT molecular complexity index is 1330. The Morgan fingerprint density at radius 2 is 2.06 bits per heavy atom. The Hall–Kier alpha value is -3.59. The van der Waals surface area contributed by atoms with Gasteiger partial charge in [-0.25, -0.2) is 4.98 Å². The number of nitrogens with zero attached hydrogens (tertiary/aromatic N) is 5. The first-order valence-corrected chi connectivity index (χ1v) is 10.1. The summed E-state index contributed by atoms with van der Waals surface area (Å²) in [6.07, 6.45) is 2.76. The van der Waals surface area contributed by atoms with Gasteiger partial charge >= 0.3 is 0 Å². The summed E-state index contributed by atoms with van der Waals surface area (Å²) >= 11 is 0. The van der Waals surface area contributed by atoms with Crippen LogP contribution in [0.5, 0.6) is 0 Å². The summed E-state index contributed by atoms with van der Waals surface area (Å²) in [6, 6.07) is 11.0. The molecule has 9 heteroatoms. The normalized spacial score (nSPS) is 19.9. The molecule has 4 aromatic rings. The van der Waals surface area contributed by atoms with E-state index in [1.54, 1.807) is 29.3 Å². The number of halogens is 1. The minimum atomic E-state index is -0.559. The molecule has 6 rings (SSSR count). The fourth-order valence-electron chi connectivity index (χ4n) is 4.95. The van der Waals surface area contributed by atoms with Gasteiger partial charge in [-0.1, -0.05) is 29.4 Å². The highest BCUT2D eigenvalue weighted by molar-refractivity contribution is 5.81. The highest BCUT2D eigenvalue weighted by atomic mass is 19.1. The molecular weight excluding hydrogens is 401 g/mol. The van der Waals surface area contributed by atoms with Crippen LogP contribution in [0.1, 0.15) is 23.6 Å². The fraction of sp³-hybridized carbons (Fsp3) is 0.273. The van der Waals surface area contributed by atoms with Crippen LogP contribution in [0.2, 0.25) is 0 Å². The molecule has 1 N–H and O–H groups in total. The number of carbonyl (C=O) groups excluding carboxylic acids is 1. The molecule has 1 aromatic carbocycles. The van der Waals surface area contributed by atoms with Crippen LogP contribution in [0.25, 0.3) is 28.6 Å². The van der Waals surface area contributed by atoms with Crippen LogP contribution in [0, 0.1) is 11.9 Å². The number of aromatic nitrogens is 4. The number of pyridine rings is 1. The number of likely N-dealkylation sites (tertiary alicyclic amines) is 1. The second-order valence-electron chi connectivity index (χ2n) is 7.90. The maximum Gasteiger partial charge on any atom is 0.281 e. The van der Waals surface area contributed by atoms with Crippen LogP contribution in [-0.4, -0.2) is 48.6 Å². The van der Waals surface area contributed by atoms with Crippen molar-refractivity contribution in [3.05, 3.63) is 59.7 Å². The van der Waals surface area contributed by atoms with Crippen LogP contribution in [-0.2, 0) is 11.2 Å². The van der Waals surface area contributed by atoms with E-state index in [0.29, 0.717) is 24.4 Å². The van der Waals surface area contributed by atoms with E-state index in [1.807, 2.05) is 18.2 Å². The largest absolute Gasteiger partial charge is 0.395 e. The van der Waals surface area contributed by atoms with E-state index in [9.17, 15) is 14.3 Å². The lowest BCUT2D eigenvalue weighted by Crippen LogP contribution is -2.30. The number of rotatable bonds is 4. The Morgan fingerprint density at radius 3 is 2.90 bits per heavy atom. The highest BCUT2D eigenvalue weighted by Gasteiger charge is 2.46. The number of aliphatic hydroxyl groups excluding tert-OH is 1. The van der Waals surface area contributed by atoms with Gasteiger partial charge in [0.2, 0.25) is 17.7 Å². The lowest BCUT2D eigenvalue weighted by molar-refractivity contribution is -0.129. The molecule has 2 atom stereocenters. The minimum Gasteiger partial charge on any atom is -0.395 e. The standard InChI is InChI=1S/C22H18FN5O3/c23-20-18(24-16-6-1-2-7-27(16)20)22-25-21(26-31-22)14-5-3-4-13-15(14)10-12-11-17(30)28(8-9-29)19(12)13/h1-7,12,19,29H,8-11H2/t12-,19+/m0/s1. The molecule has 8 nitrogen and oxygen atoms in total. The third-order valence-electron chi connectivity index (χ3n) is 6.22. The summed E-state index contributed by atoms with van der Waals surface area (Å²) in [4.78, 5) is 22.8. The molecule has 1 aliphatic carbocycles. The van der Waals surface area contributed by atoms with Gasteiger partial charge in [-0.3, -0.25) is 9.20 Å². The lowest BCUT2D eigenvalue weighted by atomic mass is 10.0. The first kappa shape index (κ1) is 18.2. The molecule has 0 radical (unpaired) electrons. The average molecular weight is 419 g/mol. The van der Waals surface area contributed by atoms with Gasteiger partial charge in [0.05, 0.1) is 12.6 Å². The van der Waals surface area contributed by atoms with Gasteiger partial charge in [-0.2, -0.15) is 9.37 Å². The summed E-state index contributed by atoms with van der Waals surface area (Å²) < 4.78 is 21.5. The van der Waals surface area contributed by atoms with Crippen molar-refractivity contribution < 1.29 is 18.8 Å². The number of aliphatic hydroxyl groups is 1. The number of benzene rings is 1. The van der Waals surface area contributed by atoms with E-state index in [0.717, 1.165) is 23.1 Å². The van der Waals surface area contributed by atoms with Crippen molar-refractivity contribution in [1.82, 2.24) is 24.4 Å². The van der Waals surface area contributed by atoms with Crippen LogP contribution in [0.4, 0.5) is 4.39 Å². The SMILES string of the molecule is O=C1C[C@@H]2Cc3c(-c4noc(-c5nc6ccccn6c5F)n4)cccc3[C@@H]2N1CCO. The number of fused-ring (bicyclic) bond motifs is 4. The number of carbonyl (C=O) groups is 1. The molecule has 2 aliphatic rings. The van der Waals surface area contributed by atoms with Gasteiger partial charge in [0.15, 0.2) is 5.69 Å². The molecule has 156 valence electrons. The third-order valence-corrected chi connectivity index (χ3v) is 6.22. The molecule has 0 spiro atoms. The van der Waals surface area contributed by atoms with Crippen molar-refractivity contribution in [2.45, 2.75) is 18.9 Å². The van der Waals surface area contributed by atoms with Crippen LogP contribution in [0.15, 0.2) is 47.1 Å². The number of hydrogen-bond acceptors (Lipinski definition) is 6. The summed E-state index contributed by atoms with van der Waals surface area (Å²) in [7, 11) is 0. The summed E-state index contributed by atoms with van der Waals surface area (Å²) in [5, 5.41) is 13.5. The molecule has 3 aromatic heterocycles. The molecule has 1 aliphatic heterocycles. The van der Waals surface area contributed by atoms with Crippen molar-refractivity contribution in [2.24, 2.45) is 5.92 Å². The monoisotopic (exact) mass is 419 g/mol. The second-order valence-corrected chi connectivity index (χ2v) is 7.90. The molecule has 1 fully saturated rings. The predicted molar refractivity (Wildman–Crippen MR) is 107 cm³/mol. The van der Waals surface area contributed by atoms with E-state index >= 15 is 0 Å². The number of amides is 1. The Morgan fingerprint density at radius 1 is 1.16 bits per heavy atom. The predicted octanol–water partition coefficient (Wildman–Crippen LogP) is 2.63. The Balaban J connectivity index is 1.40. The zero-order chi connectivity index (χ0) is 21.1. The second kappa shape index (κ2) is 6.71. The van der Waals surface area contributed by atoms with E-state index in [-0.39, 0.29) is 36.1 Å². The lowest BCUT2D eigenvalue weighted by Gasteiger charge is -2.24. The molecule has 0 saturated carbocycles. The summed E-state index contributed by atoms with van der Waals surface area (Å²) in [5.74, 6) is 0.0610. The van der Waals surface area contributed by atoms with Gasteiger partial charge in [-0.15, -0.1) is 0 Å². The molecular formula is C22H18FN5O3. The molecule has 0 bridgehead atoms. The van der Waals surface area contributed by atoms with E-state index < -0.39 is 5.95 Å². The van der Waals surface area contributed by atoms with Crippen molar-refractivity contribution in [3.8, 4) is 23.0 Å². The van der Waals surface area contributed by atoms with Crippen molar-refractivity contribution in [1.29, 1.82) is 0 Å². The smallest absolute Gasteiger partial charge is 0.281 e. The van der Waals surface area contributed by atoms with Gasteiger partial charge in [0.25, 0.3) is 5.89 Å². The van der Waals surface area contributed by atoms with Crippen LogP contribution >= 0.6 is 0 Å². The van der Waals surface area contributed by atoms with Gasteiger partial charge in [-0.05, 0) is 35.6 Å². The number of imidazole rings is 1. The van der Waals surface area contributed by atoms with Crippen LogP contribution in [0.3, 0.4) is 0 Å². The maximum absolute atomic E-state index is 14.8.